The van der Waals surface area contributed by atoms with E-state index in [1.54, 1.807) is 0 Å². The molecule has 46 heavy (non-hydrogen) atoms. The van der Waals surface area contributed by atoms with E-state index in [2.05, 4.69) is 19.9 Å². The van der Waals surface area contributed by atoms with Crippen molar-refractivity contribution in [3.63, 3.8) is 0 Å². The minimum absolute atomic E-state index is 0.207. The summed E-state index contributed by atoms with van der Waals surface area (Å²) >= 11 is 0. The van der Waals surface area contributed by atoms with Crippen molar-refractivity contribution in [3.05, 3.63) is 120 Å². The van der Waals surface area contributed by atoms with E-state index < -0.39 is 17.2 Å². The molecule has 4 aromatic carbocycles. The fraction of sp³-hybridized carbons (Fsp3) is 0.200. The van der Waals surface area contributed by atoms with Gasteiger partial charge in [-0.3, -0.25) is 0 Å². The molecule has 0 aliphatic heterocycles. The second kappa shape index (κ2) is 10.9. The van der Waals surface area contributed by atoms with E-state index in [0.29, 0.717) is 23.3 Å². The highest BCUT2D eigenvalue weighted by Gasteiger charge is 2.48. The molecular formula is C35H34N10O. The Morgan fingerprint density at radius 1 is 0.457 bits per heavy atom. The first-order chi connectivity index (χ1) is 22.3. The number of hydrogen-bond donors (Lipinski definition) is 7. The molecule has 0 saturated carbocycles. The molecule has 0 radical (unpaired) electrons. The molecule has 8 aromatic rings. The zero-order valence-electron chi connectivity index (χ0n) is 25.0. The van der Waals surface area contributed by atoms with Crippen LogP contribution in [-0.4, -0.2) is 62.2 Å². The number of fused-ring (bicyclic) bond motifs is 4. The average Bonchev–Trinajstić information content (AvgIpc) is 3.83. The summed E-state index contributed by atoms with van der Waals surface area (Å²) in [5.74, 6) is 2.59. The van der Waals surface area contributed by atoms with E-state index in [-0.39, 0.29) is 25.7 Å². The molecule has 0 aliphatic carbocycles. The molecule has 11 nitrogen and oxygen atoms in total. The van der Waals surface area contributed by atoms with Gasteiger partial charge < -0.3 is 36.5 Å². The normalized spacial score (nSPS) is 12.8. The number of nitrogens with two attached hydrogens (primary N) is 2. The summed E-state index contributed by atoms with van der Waals surface area (Å²) in [5, 5.41) is 12.6. The number of imidazole rings is 4. The number of aliphatic hydroxyl groups is 1. The third kappa shape index (κ3) is 5.20. The van der Waals surface area contributed by atoms with E-state index in [1.807, 2.05) is 97.1 Å². The van der Waals surface area contributed by atoms with Gasteiger partial charge in [-0.05, 0) is 48.5 Å². The van der Waals surface area contributed by atoms with Crippen molar-refractivity contribution in [1.29, 1.82) is 0 Å². The average molecular weight is 611 g/mol. The lowest BCUT2D eigenvalue weighted by Gasteiger charge is -2.43. The molecule has 8 rings (SSSR count). The topological polar surface area (TPSA) is 187 Å². The standard InChI is InChI=1S/C35H34N10O/c36-34(17-29-38-21-9-1-2-10-22(21)39-29,18-30-40-23-11-3-4-12-24(23)41-30)33(46)35(37,19-31-42-25-13-5-6-14-26(25)43-31)20-32-44-27-15-7-8-16-28(27)45-32/h1-16,33,46H,17-20,36-37H2,(H,38,39)(H,40,41)(H,42,43)(H,44,45). The second-order valence-electron chi connectivity index (χ2n) is 12.4. The van der Waals surface area contributed by atoms with Crippen LogP contribution in [0.25, 0.3) is 44.1 Å². The molecule has 0 aliphatic rings. The van der Waals surface area contributed by atoms with Crippen LogP contribution < -0.4 is 11.5 Å². The van der Waals surface area contributed by atoms with Gasteiger partial charge in [0.25, 0.3) is 0 Å². The summed E-state index contributed by atoms with van der Waals surface area (Å²) < 4.78 is 0. The molecular weight excluding hydrogens is 576 g/mol. The number of aromatic nitrogens is 8. The van der Waals surface area contributed by atoms with Crippen molar-refractivity contribution in [2.75, 3.05) is 0 Å². The van der Waals surface area contributed by atoms with Crippen molar-refractivity contribution < 1.29 is 5.11 Å². The summed E-state index contributed by atoms with van der Waals surface area (Å²) in [6, 6.07) is 31.2. The minimum atomic E-state index is -1.31. The Labute approximate surface area is 263 Å². The van der Waals surface area contributed by atoms with Crippen molar-refractivity contribution >= 4 is 44.1 Å². The first-order valence-corrected chi connectivity index (χ1v) is 15.3. The quantitative estimate of drug-likeness (QED) is 0.121. The van der Waals surface area contributed by atoms with E-state index in [4.69, 9.17) is 31.4 Å². The van der Waals surface area contributed by atoms with Gasteiger partial charge in [0.1, 0.15) is 23.3 Å². The van der Waals surface area contributed by atoms with Crippen LogP contribution in [0.3, 0.4) is 0 Å². The molecule has 0 fully saturated rings. The fourth-order valence-corrected chi connectivity index (χ4v) is 6.69. The van der Waals surface area contributed by atoms with E-state index >= 15 is 0 Å². The molecule has 0 saturated heterocycles. The van der Waals surface area contributed by atoms with Gasteiger partial charge in [0.2, 0.25) is 0 Å². The monoisotopic (exact) mass is 610 g/mol. The van der Waals surface area contributed by atoms with Gasteiger partial charge >= 0.3 is 0 Å². The van der Waals surface area contributed by atoms with Crippen LogP contribution in [0.2, 0.25) is 0 Å². The minimum Gasteiger partial charge on any atom is -0.389 e. The largest absolute Gasteiger partial charge is 0.389 e. The van der Waals surface area contributed by atoms with Crippen molar-refractivity contribution in [3.8, 4) is 0 Å². The molecule has 0 bridgehead atoms. The van der Waals surface area contributed by atoms with Crippen LogP contribution in [0.1, 0.15) is 23.3 Å². The highest BCUT2D eigenvalue weighted by molar-refractivity contribution is 5.77. The first kappa shape index (κ1) is 28.1. The maximum absolute atomic E-state index is 12.6. The van der Waals surface area contributed by atoms with Crippen LogP contribution >= 0.6 is 0 Å². The SMILES string of the molecule is NC(Cc1nc2ccccc2[nH]1)(Cc1nc2ccccc2[nH]1)C(O)C(N)(Cc1nc2ccccc2[nH]1)Cc1nc2ccccc2[nH]1. The van der Waals surface area contributed by atoms with E-state index in [0.717, 1.165) is 44.1 Å². The zero-order chi connectivity index (χ0) is 31.3. The van der Waals surface area contributed by atoms with Crippen molar-refractivity contribution in [2.45, 2.75) is 42.9 Å². The van der Waals surface area contributed by atoms with Crippen LogP contribution in [-0.2, 0) is 25.7 Å². The molecule has 0 amide bonds. The molecule has 0 unspecified atom stereocenters. The molecule has 0 spiro atoms. The maximum atomic E-state index is 12.6. The van der Waals surface area contributed by atoms with Gasteiger partial charge in [-0.15, -0.1) is 0 Å². The Morgan fingerprint density at radius 3 is 0.935 bits per heavy atom. The number of aliphatic hydroxyl groups excluding tert-OH is 1. The Kier molecular flexibility index (Phi) is 6.68. The number of rotatable bonds is 10. The van der Waals surface area contributed by atoms with Gasteiger partial charge in [0.05, 0.1) is 61.3 Å². The summed E-state index contributed by atoms with van der Waals surface area (Å²) in [7, 11) is 0. The van der Waals surface area contributed by atoms with Crippen LogP contribution in [0.15, 0.2) is 97.1 Å². The number of benzene rings is 4. The lowest BCUT2D eigenvalue weighted by molar-refractivity contribution is 0.0101. The smallest absolute Gasteiger partial charge is 0.109 e. The van der Waals surface area contributed by atoms with Crippen molar-refractivity contribution in [2.24, 2.45) is 11.5 Å². The summed E-state index contributed by atoms with van der Waals surface area (Å²) in [5.41, 5.74) is 19.0. The molecule has 9 N–H and O–H groups in total. The molecule has 4 heterocycles. The predicted octanol–water partition coefficient (Wildman–Crippen LogP) is 4.22. The molecule has 11 heteroatoms. The third-order valence-electron chi connectivity index (χ3n) is 8.83. The zero-order valence-corrected chi connectivity index (χ0v) is 25.0. The van der Waals surface area contributed by atoms with Gasteiger partial charge in [-0.2, -0.15) is 0 Å². The number of nitrogens with one attached hydrogen (secondary N) is 4. The fourth-order valence-electron chi connectivity index (χ4n) is 6.69. The first-order valence-electron chi connectivity index (χ1n) is 15.3. The number of para-hydroxylation sites is 8. The Bertz CT molecular complexity index is 1860. The van der Waals surface area contributed by atoms with Crippen molar-refractivity contribution in [1.82, 2.24) is 39.9 Å². The number of nitrogens with zero attached hydrogens (tertiary/aromatic N) is 4. The van der Waals surface area contributed by atoms with Gasteiger partial charge in [-0.25, -0.2) is 19.9 Å². The van der Waals surface area contributed by atoms with Crippen LogP contribution in [0.4, 0.5) is 0 Å². The molecule has 230 valence electrons. The highest BCUT2D eigenvalue weighted by atomic mass is 16.3. The Balaban J connectivity index is 1.22. The van der Waals surface area contributed by atoms with Gasteiger partial charge in [-0.1, -0.05) is 48.5 Å². The van der Waals surface area contributed by atoms with E-state index in [9.17, 15) is 5.11 Å². The molecule has 4 aromatic heterocycles. The highest BCUT2D eigenvalue weighted by Crippen LogP contribution is 2.31. The lowest BCUT2D eigenvalue weighted by Crippen LogP contribution is -2.69. The third-order valence-corrected chi connectivity index (χ3v) is 8.83. The second-order valence-corrected chi connectivity index (χ2v) is 12.4. The van der Waals surface area contributed by atoms with E-state index in [1.165, 1.54) is 0 Å². The summed E-state index contributed by atoms with van der Waals surface area (Å²) in [6.45, 7) is 0. The lowest BCUT2D eigenvalue weighted by atomic mass is 9.72. The van der Waals surface area contributed by atoms with Gasteiger partial charge in [0.15, 0.2) is 0 Å². The summed E-state index contributed by atoms with van der Waals surface area (Å²) in [6.07, 6.45) is -0.431. The Morgan fingerprint density at radius 2 is 0.696 bits per heavy atom. The number of H-pyrrole nitrogens is 4. The van der Waals surface area contributed by atoms with Crippen LogP contribution in [0.5, 0.6) is 0 Å². The van der Waals surface area contributed by atoms with Gasteiger partial charge in [0, 0.05) is 25.7 Å². The Hall–Kier alpha value is -5.36. The van der Waals surface area contributed by atoms with Crippen LogP contribution in [0, 0.1) is 0 Å². The summed E-state index contributed by atoms with van der Waals surface area (Å²) in [4.78, 5) is 32.8. The predicted molar refractivity (Wildman–Crippen MR) is 179 cm³/mol. The maximum Gasteiger partial charge on any atom is 0.109 e. The number of hydrogen-bond acceptors (Lipinski definition) is 7. The molecule has 0 atom stereocenters. The number of aromatic amines is 4.